The summed E-state index contributed by atoms with van der Waals surface area (Å²) in [6.07, 6.45) is 7.33. The van der Waals surface area contributed by atoms with Crippen molar-refractivity contribution in [1.82, 2.24) is 4.57 Å². The quantitative estimate of drug-likeness (QED) is 0.869. The zero-order valence-electron chi connectivity index (χ0n) is 10.8. The molecule has 1 aromatic rings. The van der Waals surface area contributed by atoms with E-state index in [2.05, 4.69) is 12.2 Å². The Labute approximate surface area is 103 Å². The van der Waals surface area contributed by atoms with Crippen molar-refractivity contribution < 1.29 is 0 Å². The topological polar surface area (TPSA) is 34.0 Å². The van der Waals surface area contributed by atoms with Crippen LogP contribution in [0.5, 0.6) is 0 Å². The van der Waals surface area contributed by atoms with E-state index in [1.807, 2.05) is 19.2 Å². The van der Waals surface area contributed by atoms with Gasteiger partial charge in [0.15, 0.2) is 0 Å². The standard InChI is InChI=1S/C14H22N2O/c1-3-16-10-13(8-9-14(16)17)15-11(2)12-6-4-5-7-12/h8-12,15H,3-7H2,1-2H3. The molecule has 94 valence electrons. The van der Waals surface area contributed by atoms with Gasteiger partial charge < -0.3 is 9.88 Å². The van der Waals surface area contributed by atoms with Crippen LogP contribution in [0.1, 0.15) is 39.5 Å². The van der Waals surface area contributed by atoms with Gasteiger partial charge in [0.25, 0.3) is 5.56 Å². The van der Waals surface area contributed by atoms with E-state index in [0.29, 0.717) is 6.04 Å². The summed E-state index contributed by atoms with van der Waals surface area (Å²) in [6.45, 7) is 4.97. The van der Waals surface area contributed by atoms with Gasteiger partial charge in [-0.25, -0.2) is 0 Å². The molecular formula is C14H22N2O. The fourth-order valence-corrected chi connectivity index (χ4v) is 2.70. The van der Waals surface area contributed by atoms with E-state index >= 15 is 0 Å². The van der Waals surface area contributed by atoms with E-state index < -0.39 is 0 Å². The first-order valence-corrected chi connectivity index (χ1v) is 6.67. The molecule has 1 N–H and O–H groups in total. The molecule has 1 aromatic heterocycles. The van der Waals surface area contributed by atoms with Crippen molar-refractivity contribution in [3.05, 3.63) is 28.7 Å². The molecule has 0 aromatic carbocycles. The van der Waals surface area contributed by atoms with Crippen LogP contribution in [-0.2, 0) is 6.54 Å². The maximum absolute atomic E-state index is 11.5. The second-order valence-electron chi connectivity index (χ2n) is 5.02. The maximum atomic E-state index is 11.5. The summed E-state index contributed by atoms with van der Waals surface area (Å²) in [5, 5.41) is 3.53. The Hall–Kier alpha value is -1.25. The number of hydrogen-bond acceptors (Lipinski definition) is 2. The summed E-state index contributed by atoms with van der Waals surface area (Å²) in [7, 11) is 0. The van der Waals surface area contributed by atoms with Crippen LogP contribution in [0.25, 0.3) is 0 Å². The predicted octanol–water partition coefficient (Wildman–Crippen LogP) is 2.86. The molecule has 1 heterocycles. The molecule has 1 fully saturated rings. The fraction of sp³-hybridized carbons (Fsp3) is 0.643. The zero-order chi connectivity index (χ0) is 12.3. The molecule has 1 aliphatic rings. The van der Waals surface area contributed by atoms with Crippen molar-refractivity contribution in [1.29, 1.82) is 0 Å². The molecule has 1 unspecified atom stereocenters. The zero-order valence-corrected chi connectivity index (χ0v) is 10.8. The molecule has 17 heavy (non-hydrogen) atoms. The summed E-state index contributed by atoms with van der Waals surface area (Å²) < 4.78 is 1.74. The predicted molar refractivity (Wildman–Crippen MR) is 71.4 cm³/mol. The lowest BCUT2D eigenvalue weighted by Gasteiger charge is -2.21. The first-order valence-electron chi connectivity index (χ1n) is 6.67. The Morgan fingerprint density at radius 3 is 2.76 bits per heavy atom. The number of aromatic nitrogens is 1. The molecule has 2 rings (SSSR count). The van der Waals surface area contributed by atoms with Gasteiger partial charge in [0, 0.05) is 24.8 Å². The van der Waals surface area contributed by atoms with Gasteiger partial charge in [-0.2, -0.15) is 0 Å². The molecular weight excluding hydrogens is 212 g/mol. The Morgan fingerprint density at radius 1 is 1.41 bits per heavy atom. The minimum absolute atomic E-state index is 0.0755. The van der Waals surface area contributed by atoms with Gasteiger partial charge in [0.2, 0.25) is 0 Å². The van der Waals surface area contributed by atoms with E-state index in [1.54, 1.807) is 10.6 Å². The SMILES string of the molecule is CCn1cc(NC(C)C2CCCC2)ccc1=O. The van der Waals surface area contributed by atoms with Crippen LogP contribution in [0.3, 0.4) is 0 Å². The minimum atomic E-state index is 0.0755. The van der Waals surface area contributed by atoms with Gasteiger partial charge in [-0.1, -0.05) is 12.8 Å². The summed E-state index contributed by atoms with van der Waals surface area (Å²) in [5.41, 5.74) is 1.14. The smallest absolute Gasteiger partial charge is 0.250 e. The van der Waals surface area contributed by atoms with Crippen molar-refractivity contribution in [2.45, 2.75) is 52.1 Å². The number of rotatable bonds is 4. The lowest BCUT2D eigenvalue weighted by Crippen LogP contribution is -2.25. The van der Waals surface area contributed by atoms with Crippen LogP contribution in [-0.4, -0.2) is 10.6 Å². The highest BCUT2D eigenvalue weighted by atomic mass is 16.1. The van der Waals surface area contributed by atoms with Crippen molar-refractivity contribution in [3.8, 4) is 0 Å². The fourth-order valence-electron chi connectivity index (χ4n) is 2.70. The molecule has 1 saturated carbocycles. The maximum Gasteiger partial charge on any atom is 0.250 e. The van der Waals surface area contributed by atoms with Crippen LogP contribution in [0.4, 0.5) is 5.69 Å². The number of nitrogens with one attached hydrogen (secondary N) is 1. The third-order valence-corrected chi connectivity index (χ3v) is 3.83. The first-order chi connectivity index (χ1) is 8.20. The van der Waals surface area contributed by atoms with Crippen LogP contribution < -0.4 is 10.9 Å². The number of anilines is 1. The van der Waals surface area contributed by atoms with Crippen molar-refractivity contribution >= 4 is 5.69 Å². The minimum Gasteiger partial charge on any atom is -0.381 e. The van der Waals surface area contributed by atoms with Gasteiger partial charge in [-0.15, -0.1) is 0 Å². The average molecular weight is 234 g/mol. The molecule has 1 aliphatic carbocycles. The van der Waals surface area contributed by atoms with Crippen LogP contribution in [0.15, 0.2) is 23.1 Å². The van der Waals surface area contributed by atoms with Gasteiger partial charge in [-0.3, -0.25) is 4.79 Å². The Bertz CT molecular complexity index is 418. The first kappa shape index (κ1) is 12.2. The number of hydrogen-bond donors (Lipinski definition) is 1. The van der Waals surface area contributed by atoms with Crippen molar-refractivity contribution in [2.75, 3.05) is 5.32 Å². The van der Waals surface area contributed by atoms with Crippen LogP contribution >= 0.6 is 0 Å². The summed E-state index contributed by atoms with van der Waals surface area (Å²) in [4.78, 5) is 11.5. The molecule has 0 bridgehead atoms. The molecule has 1 atom stereocenters. The summed E-state index contributed by atoms with van der Waals surface area (Å²) in [5.74, 6) is 0.789. The van der Waals surface area contributed by atoms with E-state index in [-0.39, 0.29) is 5.56 Å². The van der Waals surface area contributed by atoms with Crippen molar-refractivity contribution in [2.24, 2.45) is 5.92 Å². The molecule has 0 spiro atoms. The lowest BCUT2D eigenvalue weighted by atomic mass is 10.00. The Morgan fingerprint density at radius 2 is 2.12 bits per heavy atom. The van der Waals surface area contributed by atoms with Gasteiger partial charge in [-0.05, 0) is 38.7 Å². The third-order valence-electron chi connectivity index (χ3n) is 3.83. The highest BCUT2D eigenvalue weighted by Crippen LogP contribution is 2.28. The van der Waals surface area contributed by atoms with Gasteiger partial charge >= 0.3 is 0 Å². The second kappa shape index (κ2) is 5.39. The molecule has 0 radical (unpaired) electrons. The molecule has 0 amide bonds. The molecule has 3 nitrogen and oxygen atoms in total. The van der Waals surface area contributed by atoms with Crippen molar-refractivity contribution in [3.63, 3.8) is 0 Å². The second-order valence-corrected chi connectivity index (χ2v) is 5.02. The average Bonchev–Trinajstić information content (AvgIpc) is 2.85. The monoisotopic (exact) mass is 234 g/mol. The Balaban J connectivity index is 2.04. The van der Waals surface area contributed by atoms with E-state index in [9.17, 15) is 4.79 Å². The van der Waals surface area contributed by atoms with E-state index in [1.165, 1.54) is 25.7 Å². The van der Waals surface area contributed by atoms with Gasteiger partial charge in [0.05, 0.1) is 5.69 Å². The molecule has 0 aliphatic heterocycles. The third kappa shape index (κ3) is 2.90. The van der Waals surface area contributed by atoms with Gasteiger partial charge in [0.1, 0.15) is 0 Å². The van der Waals surface area contributed by atoms with E-state index in [4.69, 9.17) is 0 Å². The number of pyridine rings is 1. The van der Waals surface area contributed by atoms with Crippen LogP contribution in [0, 0.1) is 5.92 Å². The summed E-state index contributed by atoms with van der Waals surface area (Å²) in [6, 6.07) is 4.04. The summed E-state index contributed by atoms with van der Waals surface area (Å²) >= 11 is 0. The number of aryl methyl sites for hydroxylation is 1. The highest BCUT2D eigenvalue weighted by Gasteiger charge is 2.21. The van der Waals surface area contributed by atoms with Crippen LogP contribution in [0.2, 0.25) is 0 Å². The lowest BCUT2D eigenvalue weighted by molar-refractivity contribution is 0.482. The molecule has 0 saturated heterocycles. The normalized spacial score (nSPS) is 18.2. The van der Waals surface area contributed by atoms with E-state index in [0.717, 1.165) is 18.2 Å². The largest absolute Gasteiger partial charge is 0.381 e. The number of nitrogens with zero attached hydrogens (tertiary/aromatic N) is 1. The molecule has 3 heteroatoms. The Kier molecular flexibility index (Phi) is 3.87. The highest BCUT2D eigenvalue weighted by molar-refractivity contribution is 5.41.